The van der Waals surface area contributed by atoms with Crippen LogP contribution in [0.4, 0.5) is 13.2 Å². The highest BCUT2D eigenvalue weighted by Crippen LogP contribution is 2.30. The van der Waals surface area contributed by atoms with Gasteiger partial charge in [-0.2, -0.15) is 13.2 Å². The van der Waals surface area contributed by atoms with E-state index >= 15 is 0 Å². The third-order valence-corrected chi connectivity index (χ3v) is 2.04. The highest BCUT2D eigenvalue weighted by molar-refractivity contribution is 5.26. The van der Waals surface area contributed by atoms with Gasteiger partial charge in [-0.25, -0.2) is 0 Å². The average molecular weight is 220 g/mol. The summed E-state index contributed by atoms with van der Waals surface area (Å²) in [5, 5.41) is 18.4. The van der Waals surface area contributed by atoms with Crippen LogP contribution in [0.1, 0.15) is 24.2 Å². The van der Waals surface area contributed by atoms with E-state index in [0.717, 1.165) is 24.3 Å². The molecule has 2 nitrogen and oxygen atoms in total. The van der Waals surface area contributed by atoms with Crippen molar-refractivity contribution in [1.82, 2.24) is 0 Å². The van der Waals surface area contributed by atoms with Crippen molar-refractivity contribution in [2.75, 3.05) is 0 Å². The normalized spacial score (nSPS) is 16.1. The summed E-state index contributed by atoms with van der Waals surface area (Å²) >= 11 is 0. The molecular formula is C10H11F3O2. The summed E-state index contributed by atoms with van der Waals surface area (Å²) in [6.07, 6.45) is -6.55. The van der Waals surface area contributed by atoms with Gasteiger partial charge >= 0.3 is 6.18 Å². The SMILES string of the molecule is C[C@H](O)[C@@H](O)c1ccc(C(F)(F)F)cc1. The Morgan fingerprint density at radius 3 is 1.87 bits per heavy atom. The second-order valence-corrected chi connectivity index (χ2v) is 3.31. The molecule has 0 amide bonds. The second-order valence-electron chi connectivity index (χ2n) is 3.31. The Bertz CT molecular complexity index is 316. The van der Waals surface area contributed by atoms with Gasteiger partial charge in [0.2, 0.25) is 0 Å². The third kappa shape index (κ3) is 2.94. The number of aliphatic hydroxyl groups is 2. The number of benzene rings is 1. The van der Waals surface area contributed by atoms with Gasteiger partial charge in [0.1, 0.15) is 6.10 Å². The lowest BCUT2D eigenvalue weighted by Crippen LogP contribution is -2.14. The van der Waals surface area contributed by atoms with Gasteiger partial charge in [-0.1, -0.05) is 12.1 Å². The first-order valence-corrected chi connectivity index (χ1v) is 4.35. The maximum Gasteiger partial charge on any atom is 0.416 e. The van der Waals surface area contributed by atoms with Crippen LogP contribution in [0.2, 0.25) is 0 Å². The zero-order valence-corrected chi connectivity index (χ0v) is 7.99. The van der Waals surface area contributed by atoms with Crippen molar-refractivity contribution < 1.29 is 23.4 Å². The van der Waals surface area contributed by atoms with Crippen LogP contribution < -0.4 is 0 Å². The van der Waals surface area contributed by atoms with E-state index in [9.17, 15) is 18.3 Å². The number of hydrogen-bond acceptors (Lipinski definition) is 2. The number of hydrogen-bond donors (Lipinski definition) is 2. The quantitative estimate of drug-likeness (QED) is 0.801. The molecule has 0 heterocycles. The lowest BCUT2D eigenvalue weighted by Gasteiger charge is -2.14. The molecule has 0 fully saturated rings. The van der Waals surface area contributed by atoms with Gasteiger partial charge < -0.3 is 10.2 Å². The molecule has 5 heteroatoms. The van der Waals surface area contributed by atoms with Gasteiger partial charge in [0, 0.05) is 0 Å². The first kappa shape index (κ1) is 12.0. The molecule has 84 valence electrons. The molecule has 0 aliphatic carbocycles. The van der Waals surface area contributed by atoms with Crippen LogP contribution >= 0.6 is 0 Å². The number of aliphatic hydroxyl groups excluding tert-OH is 2. The van der Waals surface area contributed by atoms with Crippen LogP contribution in [0.25, 0.3) is 0 Å². The van der Waals surface area contributed by atoms with Crippen molar-refractivity contribution >= 4 is 0 Å². The second kappa shape index (κ2) is 4.20. The Labute approximate surface area is 85.0 Å². The van der Waals surface area contributed by atoms with Crippen LogP contribution in [-0.2, 0) is 6.18 Å². The first-order chi connectivity index (χ1) is 6.82. The highest BCUT2D eigenvalue weighted by atomic mass is 19.4. The first-order valence-electron chi connectivity index (χ1n) is 4.35. The number of halogens is 3. The van der Waals surface area contributed by atoms with E-state index < -0.39 is 23.9 Å². The van der Waals surface area contributed by atoms with Crippen LogP contribution in [0.15, 0.2) is 24.3 Å². The van der Waals surface area contributed by atoms with Crippen molar-refractivity contribution in [2.45, 2.75) is 25.3 Å². The maximum atomic E-state index is 12.2. The van der Waals surface area contributed by atoms with Gasteiger partial charge in [-0.3, -0.25) is 0 Å². The Balaban J connectivity index is 2.91. The van der Waals surface area contributed by atoms with Crippen LogP contribution in [0.5, 0.6) is 0 Å². The van der Waals surface area contributed by atoms with E-state index in [0.29, 0.717) is 0 Å². The Morgan fingerprint density at radius 1 is 1.07 bits per heavy atom. The van der Waals surface area contributed by atoms with Gasteiger partial charge in [-0.15, -0.1) is 0 Å². The van der Waals surface area contributed by atoms with Crippen molar-refractivity contribution in [3.63, 3.8) is 0 Å². The predicted octanol–water partition coefficient (Wildman–Crippen LogP) is 2.12. The zero-order valence-electron chi connectivity index (χ0n) is 7.99. The summed E-state index contributed by atoms with van der Waals surface area (Å²) in [5.74, 6) is 0. The summed E-state index contributed by atoms with van der Waals surface area (Å²) in [7, 11) is 0. The molecule has 1 rings (SSSR count). The lowest BCUT2D eigenvalue weighted by molar-refractivity contribution is -0.137. The maximum absolute atomic E-state index is 12.2. The molecule has 0 aliphatic heterocycles. The summed E-state index contributed by atoms with van der Waals surface area (Å²) < 4.78 is 36.5. The molecule has 0 aliphatic rings. The van der Waals surface area contributed by atoms with Gasteiger partial charge in [-0.05, 0) is 24.6 Å². The Kier molecular flexibility index (Phi) is 3.36. The Hall–Kier alpha value is -1.07. The van der Waals surface area contributed by atoms with Crippen molar-refractivity contribution in [3.05, 3.63) is 35.4 Å². The molecule has 15 heavy (non-hydrogen) atoms. The van der Waals surface area contributed by atoms with E-state index in [4.69, 9.17) is 5.11 Å². The molecule has 0 saturated carbocycles. The minimum absolute atomic E-state index is 0.262. The molecular weight excluding hydrogens is 209 g/mol. The van der Waals surface area contributed by atoms with Crippen molar-refractivity contribution in [2.24, 2.45) is 0 Å². The molecule has 2 atom stereocenters. The van der Waals surface area contributed by atoms with Crippen molar-refractivity contribution in [1.29, 1.82) is 0 Å². The smallest absolute Gasteiger partial charge is 0.390 e. The summed E-state index contributed by atoms with van der Waals surface area (Å²) in [6.45, 7) is 1.36. The van der Waals surface area contributed by atoms with Crippen LogP contribution in [0, 0.1) is 0 Å². The van der Waals surface area contributed by atoms with Gasteiger partial charge in [0.15, 0.2) is 0 Å². The van der Waals surface area contributed by atoms with E-state index in [-0.39, 0.29) is 5.56 Å². The molecule has 0 aromatic heterocycles. The minimum Gasteiger partial charge on any atom is -0.390 e. The fraction of sp³-hybridized carbons (Fsp3) is 0.400. The number of rotatable bonds is 2. The summed E-state index contributed by atoms with van der Waals surface area (Å²) in [4.78, 5) is 0. The largest absolute Gasteiger partial charge is 0.416 e. The minimum atomic E-state index is -4.38. The molecule has 0 unspecified atom stereocenters. The molecule has 0 saturated heterocycles. The van der Waals surface area contributed by atoms with E-state index in [1.165, 1.54) is 6.92 Å². The van der Waals surface area contributed by atoms with E-state index in [2.05, 4.69) is 0 Å². The molecule has 1 aromatic rings. The predicted molar refractivity (Wildman–Crippen MR) is 48.1 cm³/mol. The fourth-order valence-corrected chi connectivity index (χ4v) is 1.15. The summed E-state index contributed by atoms with van der Waals surface area (Å²) in [5.41, 5.74) is -0.512. The summed E-state index contributed by atoms with van der Waals surface area (Å²) in [6, 6.07) is 4.06. The van der Waals surface area contributed by atoms with Crippen molar-refractivity contribution in [3.8, 4) is 0 Å². The number of alkyl halides is 3. The van der Waals surface area contributed by atoms with Gasteiger partial charge in [0.25, 0.3) is 0 Å². The van der Waals surface area contributed by atoms with Gasteiger partial charge in [0.05, 0.1) is 11.7 Å². The Morgan fingerprint density at radius 2 is 1.53 bits per heavy atom. The lowest BCUT2D eigenvalue weighted by atomic mass is 10.0. The molecule has 0 spiro atoms. The standard InChI is InChI=1S/C10H11F3O2/c1-6(14)9(15)7-2-4-8(5-3-7)10(11,12)13/h2-6,9,14-15H,1H3/t6-,9+/m0/s1. The zero-order chi connectivity index (χ0) is 11.6. The molecule has 0 radical (unpaired) electrons. The van der Waals surface area contributed by atoms with Crippen LogP contribution in [-0.4, -0.2) is 16.3 Å². The monoisotopic (exact) mass is 220 g/mol. The van der Waals surface area contributed by atoms with E-state index in [1.807, 2.05) is 0 Å². The fourth-order valence-electron chi connectivity index (χ4n) is 1.15. The van der Waals surface area contributed by atoms with Crippen LogP contribution in [0.3, 0.4) is 0 Å². The molecule has 2 N–H and O–H groups in total. The average Bonchev–Trinajstić information content (AvgIpc) is 2.15. The topological polar surface area (TPSA) is 40.5 Å². The third-order valence-electron chi connectivity index (χ3n) is 2.04. The van der Waals surface area contributed by atoms with E-state index in [1.54, 1.807) is 0 Å². The molecule has 0 bridgehead atoms. The highest BCUT2D eigenvalue weighted by Gasteiger charge is 2.30. The molecule has 1 aromatic carbocycles.